The molecule has 0 aromatic carbocycles. The first kappa shape index (κ1) is 12.6. The van der Waals surface area contributed by atoms with Crippen molar-refractivity contribution in [3.63, 3.8) is 0 Å². The van der Waals surface area contributed by atoms with Crippen molar-refractivity contribution in [3.8, 4) is 0 Å². The molecule has 1 fully saturated rings. The number of ether oxygens (including phenoxy) is 1. The van der Waals surface area contributed by atoms with E-state index in [9.17, 15) is 9.59 Å². The number of carboxylic acid groups (broad SMARTS) is 1. The summed E-state index contributed by atoms with van der Waals surface area (Å²) in [6.45, 7) is 1.98. The number of hydrogen-bond donors (Lipinski definition) is 1. The van der Waals surface area contributed by atoms with E-state index in [0.29, 0.717) is 19.1 Å². The lowest BCUT2D eigenvalue weighted by molar-refractivity contribution is 0.0651. The van der Waals surface area contributed by atoms with Gasteiger partial charge >= 0.3 is 5.97 Å². The number of carboxylic acids is 1. The monoisotopic (exact) mass is 253 g/mol. The minimum absolute atomic E-state index is 0.0498. The molecule has 1 aromatic rings. The molecule has 0 aliphatic carbocycles. The van der Waals surface area contributed by atoms with Crippen LogP contribution in [0.1, 0.15) is 27.5 Å². The molecule has 1 aromatic heterocycles. The van der Waals surface area contributed by atoms with Crippen LogP contribution >= 0.6 is 0 Å². The van der Waals surface area contributed by atoms with Crippen LogP contribution in [0.15, 0.2) is 16.5 Å². The summed E-state index contributed by atoms with van der Waals surface area (Å²) in [5.41, 5.74) is 0. The third kappa shape index (κ3) is 2.70. The standard InChI is InChI=1S/C12H15NO5/c1-13(6-8-4-5-17-7-8)11(14)9-2-3-10(18-9)12(15)16/h2-3,8H,4-7H2,1H3,(H,15,16). The summed E-state index contributed by atoms with van der Waals surface area (Å²) >= 11 is 0. The molecular formula is C12H15NO5. The Balaban J connectivity index is 1.98. The van der Waals surface area contributed by atoms with Crippen molar-refractivity contribution in [3.05, 3.63) is 23.7 Å². The van der Waals surface area contributed by atoms with Crippen LogP contribution in [0.2, 0.25) is 0 Å². The van der Waals surface area contributed by atoms with E-state index >= 15 is 0 Å². The van der Waals surface area contributed by atoms with Crippen LogP contribution in [0.4, 0.5) is 0 Å². The fourth-order valence-corrected chi connectivity index (χ4v) is 1.95. The van der Waals surface area contributed by atoms with Gasteiger partial charge in [-0.15, -0.1) is 0 Å². The molecular weight excluding hydrogens is 238 g/mol. The maximum absolute atomic E-state index is 12.0. The first-order valence-corrected chi connectivity index (χ1v) is 5.74. The molecule has 0 bridgehead atoms. The van der Waals surface area contributed by atoms with Gasteiger partial charge in [0.2, 0.25) is 5.76 Å². The fourth-order valence-electron chi connectivity index (χ4n) is 1.95. The lowest BCUT2D eigenvalue weighted by Crippen LogP contribution is -2.31. The van der Waals surface area contributed by atoms with Gasteiger partial charge in [0, 0.05) is 26.1 Å². The SMILES string of the molecule is CN(CC1CCOC1)C(=O)c1ccc(C(=O)O)o1. The second kappa shape index (κ2) is 5.22. The topological polar surface area (TPSA) is 80.0 Å². The molecule has 1 atom stereocenters. The summed E-state index contributed by atoms with van der Waals surface area (Å²) in [5.74, 6) is -1.33. The van der Waals surface area contributed by atoms with E-state index in [0.717, 1.165) is 13.0 Å². The van der Waals surface area contributed by atoms with Crippen molar-refractivity contribution in [2.75, 3.05) is 26.8 Å². The second-order valence-corrected chi connectivity index (χ2v) is 4.38. The van der Waals surface area contributed by atoms with Gasteiger partial charge in [-0.3, -0.25) is 4.79 Å². The first-order valence-electron chi connectivity index (χ1n) is 5.74. The van der Waals surface area contributed by atoms with Crippen molar-refractivity contribution < 1.29 is 23.8 Å². The molecule has 1 unspecified atom stereocenters. The van der Waals surface area contributed by atoms with Crippen LogP contribution < -0.4 is 0 Å². The number of carbonyl (C=O) groups is 2. The van der Waals surface area contributed by atoms with Gasteiger partial charge in [0.05, 0.1) is 6.61 Å². The smallest absolute Gasteiger partial charge is 0.371 e. The number of hydrogen-bond acceptors (Lipinski definition) is 4. The van der Waals surface area contributed by atoms with Crippen LogP contribution in [0, 0.1) is 5.92 Å². The minimum Gasteiger partial charge on any atom is -0.475 e. The molecule has 1 amide bonds. The van der Waals surface area contributed by atoms with Crippen LogP contribution in [0.5, 0.6) is 0 Å². The quantitative estimate of drug-likeness (QED) is 0.868. The number of nitrogens with zero attached hydrogens (tertiary/aromatic N) is 1. The molecule has 1 aliphatic rings. The summed E-state index contributed by atoms with van der Waals surface area (Å²) in [6, 6.07) is 2.66. The van der Waals surface area contributed by atoms with E-state index < -0.39 is 5.97 Å². The number of aromatic carboxylic acids is 1. The van der Waals surface area contributed by atoms with Gasteiger partial charge in [0.15, 0.2) is 5.76 Å². The average molecular weight is 253 g/mol. The number of amides is 1. The van der Waals surface area contributed by atoms with Crippen molar-refractivity contribution in [1.29, 1.82) is 0 Å². The third-order valence-electron chi connectivity index (χ3n) is 2.93. The molecule has 0 saturated carbocycles. The lowest BCUT2D eigenvalue weighted by Gasteiger charge is -2.19. The molecule has 6 nitrogen and oxygen atoms in total. The van der Waals surface area contributed by atoms with Gasteiger partial charge in [-0.25, -0.2) is 4.79 Å². The molecule has 2 heterocycles. The number of carbonyl (C=O) groups excluding carboxylic acids is 1. The van der Waals surface area contributed by atoms with E-state index in [1.165, 1.54) is 17.0 Å². The van der Waals surface area contributed by atoms with E-state index in [1.54, 1.807) is 7.05 Å². The molecule has 6 heteroatoms. The molecule has 1 saturated heterocycles. The third-order valence-corrected chi connectivity index (χ3v) is 2.93. The molecule has 98 valence electrons. The molecule has 0 radical (unpaired) electrons. The Hall–Kier alpha value is -1.82. The fraction of sp³-hybridized carbons (Fsp3) is 0.500. The maximum Gasteiger partial charge on any atom is 0.371 e. The molecule has 18 heavy (non-hydrogen) atoms. The maximum atomic E-state index is 12.0. The minimum atomic E-state index is -1.18. The van der Waals surface area contributed by atoms with Crippen molar-refractivity contribution in [2.24, 2.45) is 5.92 Å². The highest BCUT2D eigenvalue weighted by Gasteiger charge is 2.23. The number of rotatable bonds is 4. The Bertz CT molecular complexity index is 447. The molecule has 1 N–H and O–H groups in total. The normalized spacial score (nSPS) is 18.8. The zero-order valence-corrected chi connectivity index (χ0v) is 10.1. The zero-order chi connectivity index (χ0) is 13.1. The molecule has 2 rings (SSSR count). The first-order chi connectivity index (χ1) is 8.58. The Kier molecular flexibility index (Phi) is 3.66. The Morgan fingerprint density at radius 1 is 1.44 bits per heavy atom. The molecule has 1 aliphatic heterocycles. The lowest BCUT2D eigenvalue weighted by atomic mass is 10.1. The van der Waals surface area contributed by atoms with Gasteiger partial charge < -0.3 is 19.2 Å². The summed E-state index contributed by atoms with van der Waals surface area (Å²) in [5, 5.41) is 8.71. The van der Waals surface area contributed by atoms with Crippen molar-refractivity contribution in [2.45, 2.75) is 6.42 Å². The highest BCUT2D eigenvalue weighted by Crippen LogP contribution is 2.16. The van der Waals surface area contributed by atoms with Crippen LogP contribution in [-0.4, -0.2) is 48.7 Å². The van der Waals surface area contributed by atoms with Crippen molar-refractivity contribution in [1.82, 2.24) is 4.90 Å². The largest absolute Gasteiger partial charge is 0.475 e. The van der Waals surface area contributed by atoms with E-state index in [2.05, 4.69) is 0 Å². The van der Waals surface area contributed by atoms with Gasteiger partial charge in [-0.05, 0) is 18.6 Å². The Morgan fingerprint density at radius 3 is 2.72 bits per heavy atom. The predicted octanol–water partition coefficient (Wildman–Crippen LogP) is 1.09. The Labute approximate surface area is 104 Å². The van der Waals surface area contributed by atoms with Gasteiger partial charge in [-0.1, -0.05) is 0 Å². The second-order valence-electron chi connectivity index (χ2n) is 4.38. The molecule has 0 spiro atoms. The predicted molar refractivity (Wildman–Crippen MR) is 61.6 cm³/mol. The number of furan rings is 1. The van der Waals surface area contributed by atoms with Crippen LogP contribution in [0.25, 0.3) is 0 Å². The van der Waals surface area contributed by atoms with Crippen LogP contribution in [0.3, 0.4) is 0 Å². The van der Waals surface area contributed by atoms with E-state index in [4.69, 9.17) is 14.3 Å². The highest BCUT2D eigenvalue weighted by molar-refractivity contribution is 5.93. The Morgan fingerprint density at radius 2 is 2.17 bits per heavy atom. The summed E-state index contributed by atoms with van der Waals surface area (Å²) in [4.78, 5) is 24.1. The van der Waals surface area contributed by atoms with E-state index in [1.807, 2.05) is 0 Å². The highest BCUT2D eigenvalue weighted by atomic mass is 16.5. The van der Waals surface area contributed by atoms with Gasteiger partial charge in [-0.2, -0.15) is 0 Å². The van der Waals surface area contributed by atoms with Crippen LogP contribution in [-0.2, 0) is 4.74 Å². The summed E-state index contributed by atoms with van der Waals surface area (Å²) < 4.78 is 10.2. The summed E-state index contributed by atoms with van der Waals surface area (Å²) in [7, 11) is 1.67. The summed E-state index contributed by atoms with van der Waals surface area (Å²) in [6.07, 6.45) is 0.941. The van der Waals surface area contributed by atoms with E-state index in [-0.39, 0.29) is 17.4 Å². The van der Waals surface area contributed by atoms with Gasteiger partial charge in [0.25, 0.3) is 5.91 Å². The zero-order valence-electron chi connectivity index (χ0n) is 10.1. The van der Waals surface area contributed by atoms with Crippen molar-refractivity contribution >= 4 is 11.9 Å². The van der Waals surface area contributed by atoms with Gasteiger partial charge in [0.1, 0.15) is 0 Å². The average Bonchev–Trinajstić information content (AvgIpc) is 2.98.